The van der Waals surface area contributed by atoms with Crippen LogP contribution in [0.2, 0.25) is 0 Å². The van der Waals surface area contributed by atoms with Crippen molar-refractivity contribution in [2.45, 2.75) is 12.7 Å². The lowest BCUT2D eigenvalue weighted by atomic mass is 10.4. The standard InChI is InChI=1S/C8H7F3N4S/c9-8(10,11)4-15-2-5(1-13-15)7-14-6(12)3-16-7/h1-3H,4,12H2. The van der Waals surface area contributed by atoms with Crippen LogP contribution in [-0.2, 0) is 6.54 Å². The van der Waals surface area contributed by atoms with E-state index in [9.17, 15) is 13.2 Å². The fourth-order valence-electron chi connectivity index (χ4n) is 1.16. The Balaban J connectivity index is 2.20. The first-order valence-electron chi connectivity index (χ1n) is 4.24. The molecule has 2 heterocycles. The molecule has 2 rings (SSSR count). The zero-order chi connectivity index (χ0) is 11.8. The molecule has 0 atom stereocenters. The molecule has 2 aromatic rings. The van der Waals surface area contributed by atoms with Crippen molar-refractivity contribution >= 4 is 17.2 Å². The van der Waals surface area contributed by atoms with Gasteiger partial charge in [-0.15, -0.1) is 11.3 Å². The summed E-state index contributed by atoms with van der Waals surface area (Å²) in [6, 6.07) is 0. The van der Waals surface area contributed by atoms with Crippen molar-refractivity contribution in [3.8, 4) is 10.6 Å². The summed E-state index contributed by atoms with van der Waals surface area (Å²) < 4.78 is 37.0. The smallest absolute Gasteiger partial charge is 0.383 e. The SMILES string of the molecule is Nc1csc(-c2cnn(CC(F)(F)F)c2)n1. The van der Waals surface area contributed by atoms with Gasteiger partial charge in [-0.3, -0.25) is 4.68 Å². The molecule has 0 spiro atoms. The van der Waals surface area contributed by atoms with Crippen LogP contribution in [0.15, 0.2) is 17.8 Å². The van der Waals surface area contributed by atoms with Gasteiger partial charge in [0.05, 0.1) is 6.20 Å². The van der Waals surface area contributed by atoms with Crippen LogP contribution in [0.4, 0.5) is 19.0 Å². The first-order valence-corrected chi connectivity index (χ1v) is 5.12. The average molecular weight is 248 g/mol. The molecule has 0 unspecified atom stereocenters. The van der Waals surface area contributed by atoms with Gasteiger partial charge in [0, 0.05) is 17.1 Å². The van der Waals surface area contributed by atoms with Gasteiger partial charge in [-0.25, -0.2) is 4.98 Å². The molecule has 0 aliphatic carbocycles. The van der Waals surface area contributed by atoms with Gasteiger partial charge in [0.1, 0.15) is 17.4 Å². The van der Waals surface area contributed by atoms with Crippen molar-refractivity contribution in [3.05, 3.63) is 17.8 Å². The fourth-order valence-corrected chi connectivity index (χ4v) is 1.85. The third kappa shape index (κ3) is 2.51. The molecule has 4 nitrogen and oxygen atoms in total. The van der Waals surface area contributed by atoms with E-state index in [1.807, 2.05) is 0 Å². The van der Waals surface area contributed by atoms with Crippen LogP contribution in [0.3, 0.4) is 0 Å². The maximum atomic E-state index is 12.1. The molecular weight excluding hydrogens is 241 g/mol. The topological polar surface area (TPSA) is 56.7 Å². The van der Waals surface area contributed by atoms with Crippen LogP contribution in [0, 0.1) is 0 Å². The Bertz CT molecular complexity index is 487. The molecule has 0 amide bonds. The second kappa shape index (κ2) is 3.78. The number of nitrogens with zero attached hydrogens (tertiary/aromatic N) is 3. The third-order valence-electron chi connectivity index (χ3n) is 1.74. The second-order valence-electron chi connectivity index (χ2n) is 3.12. The Morgan fingerprint density at radius 1 is 1.44 bits per heavy atom. The Labute approximate surface area is 92.5 Å². The number of rotatable bonds is 2. The Morgan fingerprint density at radius 2 is 2.19 bits per heavy atom. The van der Waals surface area contributed by atoms with E-state index in [4.69, 9.17) is 5.73 Å². The van der Waals surface area contributed by atoms with Crippen LogP contribution in [0.5, 0.6) is 0 Å². The van der Waals surface area contributed by atoms with Gasteiger partial charge in [0.15, 0.2) is 0 Å². The summed E-state index contributed by atoms with van der Waals surface area (Å²) in [5.74, 6) is 0.351. The predicted octanol–water partition coefficient (Wildman–Crippen LogP) is 2.15. The summed E-state index contributed by atoms with van der Waals surface area (Å²) in [4.78, 5) is 3.95. The lowest BCUT2D eigenvalue weighted by molar-refractivity contribution is -0.142. The minimum Gasteiger partial charge on any atom is -0.383 e. The monoisotopic (exact) mass is 248 g/mol. The molecular formula is C8H7F3N4S. The number of nitrogens with two attached hydrogens (primary N) is 1. The van der Waals surface area contributed by atoms with Crippen LogP contribution in [0.25, 0.3) is 10.6 Å². The predicted molar refractivity (Wildman–Crippen MR) is 53.8 cm³/mol. The van der Waals surface area contributed by atoms with Crippen LogP contribution in [-0.4, -0.2) is 20.9 Å². The molecule has 0 aromatic carbocycles. The fraction of sp³-hybridized carbons (Fsp3) is 0.250. The minimum atomic E-state index is -4.27. The van der Waals surface area contributed by atoms with E-state index in [-0.39, 0.29) is 0 Å². The van der Waals surface area contributed by atoms with Crippen molar-refractivity contribution in [2.24, 2.45) is 0 Å². The maximum absolute atomic E-state index is 12.1. The van der Waals surface area contributed by atoms with Crippen LogP contribution >= 0.6 is 11.3 Å². The van der Waals surface area contributed by atoms with E-state index in [1.54, 1.807) is 5.38 Å². The van der Waals surface area contributed by atoms with E-state index in [1.165, 1.54) is 23.7 Å². The minimum absolute atomic E-state index is 0.351. The summed E-state index contributed by atoms with van der Waals surface area (Å²) in [6.07, 6.45) is -1.64. The van der Waals surface area contributed by atoms with Gasteiger partial charge in [-0.2, -0.15) is 18.3 Å². The lowest BCUT2D eigenvalue weighted by Crippen LogP contribution is -2.17. The van der Waals surface area contributed by atoms with Gasteiger partial charge in [0.25, 0.3) is 0 Å². The van der Waals surface area contributed by atoms with Crippen molar-refractivity contribution in [1.29, 1.82) is 0 Å². The zero-order valence-corrected chi connectivity index (χ0v) is 8.72. The molecule has 0 saturated carbocycles. The van der Waals surface area contributed by atoms with E-state index in [0.717, 1.165) is 4.68 Å². The number of aromatic nitrogens is 3. The highest BCUT2D eigenvalue weighted by molar-refractivity contribution is 7.13. The largest absolute Gasteiger partial charge is 0.408 e. The summed E-state index contributed by atoms with van der Waals surface area (Å²) in [5, 5.41) is 5.79. The van der Waals surface area contributed by atoms with Gasteiger partial charge in [-0.05, 0) is 0 Å². The number of hydrogen-bond acceptors (Lipinski definition) is 4. The summed E-state index contributed by atoms with van der Waals surface area (Å²) in [7, 11) is 0. The van der Waals surface area contributed by atoms with Gasteiger partial charge in [-0.1, -0.05) is 0 Å². The first kappa shape index (κ1) is 10.9. The molecule has 0 fully saturated rings. The Morgan fingerprint density at radius 3 is 2.75 bits per heavy atom. The molecule has 8 heteroatoms. The van der Waals surface area contributed by atoms with E-state index in [0.29, 0.717) is 16.4 Å². The molecule has 0 radical (unpaired) electrons. The molecule has 16 heavy (non-hydrogen) atoms. The highest BCUT2D eigenvalue weighted by atomic mass is 32.1. The maximum Gasteiger partial charge on any atom is 0.408 e. The molecule has 0 bridgehead atoms. The number of anilines is 1. The number of thiazole rings is 1. The van der Waals surface area contributed by atoms with E-state index >= 15 is 0 Å². The second-order valence-corrected chi connectivity index (χ2v) is 3.98. The van der Waals surface area contributed by atoms with Crippen molar-refractivity contribution < 1.29 is 13.2 Å². The number of hydrogen-bond donors (Lipinski definition) is 1. The summed E-state index contributed by atoms with van der Waals surface area (Å²) in [5.41, 5.74) is 5.95. The average Bonchev–Trinajstić information content (AvgIpc) is 2.71. The Hall–Kier alpha value is -1.57. The summed E-state index contributed by atoms with van der Waals surface area (Å²) >= 11 is 1.26. The lowest BCUT2D eigenvalue weighted by Gasteiger charge is -2.04. The van der Waals surface area contributed by atoms with Crippen LogP contribution < -0.4 is 5.73 Å². The third-order valence-corrected chi connectivity index (χ3v) is 2.65. The molecule has 0 aliphatic heterocycles. The number of halogens is 3. The highest BCUT2D eigenvalue weighted by Crippen LogP contribution is 2.25. The molecule has 0 aliphatic rings. The summed E-state index contributed by atoms with van der Waals surface area (Å²) in [6.45, 7) is -1.10. The van der Waals surface area contributed by atoms with Gasteiger partial charge >= 0.3 is 6.18 Å². The molecule has 2 N–H and O–H groups in total. The van der Waals surface area contributed by atoms with E-state index < -0.39 is 12.7 Å². The highest BCUT2D eigenvalue weighted by Gasteiger charge is 2.28. The van der Waals surface area contributed by atoms with Gasteiger partial charge < -0.3 is 5.73 Å². The van der Waals surface area contributed by atoms with Crippen molar-refractivity contribution in [2.75, 3.05) is 5.73 Å². The quantitative estimate of drug-likeness (QED) is 0.885. The normalized spacial score (nSPS) is 11.9. The number of alkyl halides is 3. The van der Waals surface area contributed by atoms with Crippen LogP contribution in [0.1, 0.15) is 0 Å². The zero-order valence-electron chi connectivity index (χ0n) is 7.90. The number of nitrogen functional groups attached to an aromatic ring is 1. The van der Waals surface area contributed by atoms with Crippen molar-refractivity contribution in [3.63, 3.8) is 0 Å². The molecule has 0 saturated heterocycles. The molecule has 86 valence electrons. The first-order chi connectivity index (χ1) is 7.44. The van der Waals surface area contributed by atoms with Gasteiger partial charge in [0.2, 0.25) is 0 Å². The van der Waals surface area contributed by atoms with Crippen molar-refractivity contribution in [1.82, 2.24) is 14.8 Å². The van der Waals surface area contributed by atoms with E-state index in [2.05, 4.69) is 10.1 Å². The Kier molecular flexibility index (Phi) is 2.58. The molecule has 2 aromatic heterocycles.